The number of para-hydroxylation sites is 1. The van der Waals surface area contributed by atoms with Crippen LogP contribution in [0.25, 0.3) is 5.65 Å². The smallest absolute Gasteiger partial charge is 0.202 e. The van der Waals surface area contributed by atoms with E-state index in [0.29, 0.717) is 5.65 Å². The highest BCUT2D eigenvalue weighted by Crippen LogP contribution is 2.18. The molecule has 0 saturated heterocycles. The van der Waals surface area contributed by atoms with Gasteiger partial charge in [0.15, 0.2) is 0 Å². The van der Waals surface area contributed by atoms with E-state index in [2.05, 4.69) is 20.8 Å². The molecule has 0 bridgehead atoms. The van der Waals surface area contributed by atoms with Gasteiger partial charge in [0.25, 0.3) is 0 Å². The van der Waals surface area contributed by atoms with Crippen LogP contribution in [0.3, 0.4) is 0 Å². The summed E-state index contributed by atoms with van der Waals surface area (Å²) in [5.41, 5.74) is 2.61. The van der Waals surface area contributed by atoms with Gasteiger partial charge in [0.1, 0.15) is 0 Å². The molecule has 0 aliphatic rings. The zero-order chi connectivity index (χ0) is 10.8. The molecule has 78 valence electrons. The number of tetrazole rings is 1. The second kappa shape index (κ2) is 3.62. The Morgan fingerprint density at radius 3 is 2.75 bits per heavy atom. The Kier molecular flexibility index (Phi) is 2.00. The number of aromatic nitrogens is 4. The molecule has 0 aliphatic carbocycles. The molecule has 16 heavy (non-hydrogen) atoms. The lowest BCUT2D eigenvalue weighted by Gasteiger charge is -2.05. The Bertz CT molecular complexity index is 602. The molecule has 0 spiro atoms. The number of fused-ring (bicyclic) bond motifs is 1. The molecule has 0 amide bonds. The second-order valence-electron chi connectivity index (χ2n) is 3.36. The molecule has 3 aromatic rings. The molecule has 0 fully saturated rings. The molecule has 5 nitrogen and oxygen atoms in total. The first-order valence-electron chi connectivity index (χ1n) is 4.92. The molecular formula is C11H9N5. The number of rotatable bonds is 2. The average molecular weight is 211 g/mol. The van der Waals surface area contributed by atoms with Crippen molar-refractivity contribution in [3.05, 3.63) is 48.7 Å². The standard InChI is InChI=1S/C11H9N5/c1-2-5-9(6-3-1)12-10-7-4-8-16-11(10)13-14-15-16/h1-8,12H. The molecule has 3 rings (SSSR count). The predicted molar refractivity (Wildman–Crippen MR) is 60.5 cm³/mol. The number of anilines is 2. The minimum absolute atomic E-state index is 0.714. The van der Waals surface area contributed by atoms with E-state index in [9.17, 15) is 0 Å². The Hall–Kier alpha value is -2.43. The summed E-state index contributed by atoms with van der Waals surface area (Å²) in [5.74, 6) is 0. The number of nitrogens with zero attached hydrogens (tertiary/aromatic N) is 4. The van der Waals surface area contributed by atoms with E-state index in [-0.39, 0.29) is 0 Å². The minimum atomic E-state index is 0.714. The van der Waals surface area contributed by atoms with E-state index < -0.39 is 0 Å². The molecule has 0 radical (unpaired) electrons. The fourth-order valence-electron chi connectivity index (χ4n) is 1.54. The molecule has 0 unspecified atom stereocenters. The van der Waals surface area contributed by atoms with Crippen molar-refractivity contribution in [3.8, 4) is 0 Å². The van der Waals surface area contributed by atoms with Gasteiger partial charge in [0.2, 0.25) is 5.65 Å². The Morgan fingerprint density at radius 1 is 1.00 bits per heavy atom. The van der Waals surface area contributed by atoms with Crippen molar-refractivity contribution in [1.29, 1.82) is 0 Å². The summed E-state index contributed by atoms with van der Waals surface area (Å²) in [6.45, 7) is 0. The summed E-state index contributed by atoms with van der Waals surface area (Å²) in [4.78, 5) is 0. The lowest BCUT2D eigenvalue weighted by molar-refractivity contribution is 0.823. The summed E-state index contributed by atoms with van der Waals surface area (Å²) in [6, 6.07) is 13.8. The van der Waals surface area contributed by atoms with Crippen molar-refractivity contribution in [1.82, 2.24) is 20.0 Å². The van der Waals surface area contributed by atoms with Crippen molar-refractivity contribution >= 4 is 17.0 Å². The van der Waals surface area contributed by atoms with Crippen LogP contribution >= 0.6 is 0 Å². The Balaban J connectivity index is 2.04. The molecule has 0 saturated carbocycles. The Labute approximate surface area is 91.7 Å². The van der Waals surface area contributed by atoms with Crippen LogP contribution in [0.1, 0.15) is 0 Å². The first-order chi connectivity index (χ1) is 7.93. The third-order valence-electron chi connectivity index (χ3n) is 2.28. The van der Waals surface area contributed by atoms with Gasteiger partial charge in [-0.1, -0.05) is 18.2 Å². The predicted octanol–water partition coefficient (Wildman–Crippen LogP) is 1.87. The van der Waals surface area contributed by atoms with Crippen LogP contribution in [0.4, 0.5) is 11.4 Å². The van der Waals surface area contributed by atoms with E-state index in [0.717, 1.165) is 11.4 Å². The Morgan fingerprint density at radius 2 is 1.88 bits per heavy atom. The summed E-state index contributed by atoms with van der Waals surface area (Å²) in [5, 5.41) is 14.7. The van der Waals surface area contributed by atoms with Gasteiger partial charge in [-0.25, -0.2) is 0 Å². The zero-order valence-corrected chi connectivity index (χ0v) is 8.41. The lowest BCUT2D eigenvalue weighted by atomic mass is 10.3. The van der Waals surface area contributed by atoms with Gasteiger partial charge < -0.3 is 5.32 Å². The van der Waals surface area contributed by atoms with E-state index in [1.165, 1.54) is 0 Å². The van der Waals surface area contributed by atoms with E-state index in [4.69, 9.17) is 0 Å². The van der Waals surface area contributed by atoms with Crippen molar-refractivity contribution in [2.24, 2.45) is 0 Å². The second-order valence-corrected chi connectivity index (χ2v) is 3.36. The van der Waals surface area contributed by atoms with E-state index in [1.807, 2.05) is 48.7 Å². The van der Waals surface area contributed by atoms with Gasteiger partial charge in [-0.3, -0.25) is 0 Å². The van der Waals surface area contributed by atoms with Gasteiger partial charge in [0.05, 0.1) is 5.69 Å². The fraction of sp³-hybridized carbons (Fsp3) is 0. The topological polar surface area (TPSA) is 55.1 Å². The monoisotopic (exact) mass is 211 g/mol. The molecule has 1 aromatic carbocycles. The molecule has 0 aliphatic heterocycles. The van der Waals surface area contributed by atoms with Crippen LogP contribution < -0.4 is 5.32 Å². The van der Waals surface area contributed by atoms with Crippen molar-refractivity contribution in [2.45, 2.75) is 0 Å². The molecule has 2 aromatic heterocycles. The summed E-state index contributed by atoms with van der Waals surface area (Å²) < 4.78 is 1.63. The molecular weight excluding hydrogens is 202 g/mol. The van der Waals surface area contributed by atoms with Crippen LogP contribution in [0.5, 0.6) is 0 Å². The number of pyridine rings is 1. The lowest BCUT2D eigenvalue weighted by Crippen LogP contribution is -1.94. The quantitative estimate of drug-likeness (QED) is 0.703. The van der Waals surface area contributed by atoms with Crippen LogP contribution in [0.2, 0.25) is 0 Å². The highest BCUT2D eigenvalue weighted by atomic mass is 15.5. The van der Waals surface area contributed by atoms with Crippen LogP contribution in [0, 0.1) is 0 Å². The van der Waals surface area contributed by atoms with Crippen molar-refractivity contribution in [2.75, 3.05) is 5.32 Å². The molecule has 5 heteroatoms. The number of nitrogens with one attached hydrogen (secondary N) is 1. The maximum Gasteiger partial charge on any atom is 0.202 e. The third kappa shape index (κ3) is 1.48. The van der Waals surface area contributed by atoms with E-state index in [1.54, 1.807) is 4.52 Å². The highest BCUT2D eigenvalue weighted by molar-refractivity contribution is 5.72. The first kappa shape index (κ1) is 8.84. The summed E-state index contributed by atoms with van der Waals surface area (Å²) >= 11 is 0. The maximum absolute atomic E-state index is 3.95. The van der Waals surface area contributed by atoms with Gasteiger partial charge in [0, 0.05) is 11.9 Å². The summed E-state index contributed by atoms with van der Waals surface area (Å²) in [6.07, 6.45) is 1.81. The van der Waals surface area contributed by atoms with Gasteiger partial charge in [-0.2, -0.15) is 4.52 Å². The van der Waals surface area contributed by atoms with Gasteiger partial charge in [-0.15, -0.1) is 5.10 Å². The molecule has 2 heterocycles. The van der Waals surface area contributed by atoms with Crippen molar-refractivity contribution < 1.29 is 0 Å². The minimum Gasteiger partial charge on any atom is -0.352 e. The zero-order valence-electron chi connectivity index (χ0n) is 8.41. The van der Waals surface area contributed by atoms with Gasteiger partial charge >= 0.3 is 0 Å². The number of hydrogen-bond acceptors (Lipinski definition) is 4. The average Bonchev–Trinajstić information content (AvgIpc) is 2.80. The normalized spacial score (nSPS) is 10.5. The fourth-order valence-corrected chi connectivity index (χ4v) is 1.54. The molecule has 0 atom stereocenters. The van der Waals surface area contributed by atoms with Crippen molar-refractivity contribution in [3.63, 3.8) is 0 Å². The van der Waals surface area contributed by atoms with Crippen LogP contribution in [-0.4, -0.2) is 20.0 Å². The highest BCUT2D eigenvalue weighted by Gasteiger charge is 2.03. The van der Waals surface area contributed by atoms with Crippen LogP contribution in [0.15, 0.2) is 48.7 Å². The first-order valence-corrected chi connectivity index (χ1v) is 4.92. The van der Waals surface area contributed by atoms with Gasteiger partial charge in [-0.05, 0) is 34.7 Å². The third-order valence-corrected chi connectivity index (χ3v) is 2.28. The SMILES string of the molecule is c1ccc(Nc2cccn3nnnc23)cc1. The molecule has 1 N–H and O–H groups in total. The number of benzene rings is 1. The van der Waals surface area contributed by atoms with E-state index >= 15 is 0 Å². The maximum atomic E-state index is 3.95. The summed E-state index contributed by atoms with van der Waals surface area (Å²) in [7, 11) is 0. The number of hydrogen-bond donors (Lipinski definition) is 1. The largest absolute Gasteiger partial charge is 0.352 e. The van der Waals surface area contributed by atoms with Crippen LogP contribution in [-0.2, 0) is 0 Å².